The van der Waals surface area contributed by atoms with Crippen LogP contribution in [0.5, 0.6) is 0 Å². The van der Waals surface area contributed by atoms with Crippen LogP contribution in [-0.4, -0.2) is 35.1 Å². The van der Waals surface area contributed by atoms with Gasteiger partial charge in [0.25, 0.3) is 5.91 Å². The molecule has 1 saturated heterocycles. The fourth-order valence-electron chi connectivity index (χ4n) is 2.49. The van der Waals surface area contributed by atoms with E-state index in [1.807, 2.05) is 36.9 Å². The average molecular weight is 326 g/mol. The van der Waals surface area contributed by atoms with E-state index in [9.17, 15) is 9.90 Å². The molecule has 0 aromatic heterocycles. The monoisotopic (exact) mass is 325 g/mol. The molecule has 2 rings (SSSR count). The Bertz CT molecular complexity index is 465. The number of rotatable bonds is 2. The average Bonchev–Trinajstić information content (AvgIpc) is 2.41. The largest absolute Gasteiger partial charge is 0.393 e. The van der Waals surface area contributed by atoms with Crippen LogP contribution in [0, 0.1) is 12.8 Å². The Labute approximate surface area is 122 Å². The van der Waals surface area contributed by atoms with Crippen molar-refractivity contribution in [2.75, 3.05) is 13.1 Å². The van der Waals surface area contributed by atoms with Crippen LogP contribution in [0.4, 0.5) is 0 Å². The van der Waals surface area contributed by atoms with Crippen LogP contribution in [0.15, 0.2) is 22.7 Å². The molecule has 1 aliphatic rings. The molecule has 0 bridgehead atoms. The van der Waals surface area contributed by atoms with Gasteiger partial charge in [-0.1, -0.05) is 22.0 Å². The van der Waals surface area contributed by atoms with Crippen LogP contribution in [0.3, 0.4) is 0 Å². The Morgan fingerprint density at radius 2 is 2.05 bits per heavy atom. The van der Waals surface area contributed by atoms with Crippen molar-refractivity contribution in [2.45, 2.75) is 32.8 Å². The molecule has 0 unspecified atom stereocenters. The van der Waals surface area contributed by atoms with Gasteiger partial charge in [0.05, 0.1) is 6.10 Å². The summed E-state index contributed by atoms with van der Waals surface area (Å²) < 4.78 is 0.970. The number of carbonyl (C=O) groups is 1. The Morgan fingerprint density at radius 1 is 1.42 bits per heavy atom. The number of benzene rings is 1. The standard InChI is InChI=1S/C15H20BrNO2/c1-10-3-4-13(9-14(10)16)15(19)17-7-5-12(6-8-17)11(2)18/h3-4,9,11-12,18H,5-8H2,1-2H3/t11-/m0/s1. The lowest BCUT2D eigenvalue weighted by Gasteiger charge is -2.33. The van der Waals surface area contributed by atoms with E-state index in [1.165, 1.54) is 0 Å². The van der Waals surface area contributed by atoms with Crippen LogP contribution < -0.4 is 0 Å². The molecule has 3 nitrogen and oxygen atoms in total. The zero-order valence-corrected chi connectivity index (χ0v) is 13.0. The van der Waals surface area contributed by atoms with Crippen molar-refractivity contribution in [1.29, 1.82) is 0 Å². The normalized spacial score (nSPS) is 18.4. The summed E-state index contributed by atoms with van der Waals surface area (Å²) in [5.74, 6) is 0.415. The molecule has 0 spiro atoms. The quantitative estimate of drug-likeness (QED) is 0.908. The summed E-state index contributed by atoms with van der Waals surface area (Å²) in [5, 5.41) is 9.58. The molecule has 1 fully saturated rings. The van der Waals surface area contributed by atoms with E-state index in [0.29, 0.717) is 5.92 Å². The predicted octanol–water partition coefficient (Wildman–Crippen LogP) is 2.99. The molecular weight excluding hydrogens is 306 g/mol. The van der Waals surface area contributed by atoms with Gasteiger partial charge >= 0.3 is 0 Å². The van der Waals surface area contributed by atoms with Gasteiger partial charge in [-0.05, 0) is 50.3 Å². The Hall–Kier alpha value is -0.870. The molecule has 1 aliphatic heterocycles. The molecule has 19 heavy (non-hydrogen) atoms. The number of amides is 1. The summed E-state index contributed by atoms with van der Waals surface area (Å²) in [5.41, 5.74) is 1.86. The van der Waals surface area contributed by atoms with E-state index in [1.54, 1.807) is 0 Å². The summed E-state index contributed by atoms with van der Waals surface area (Å²) in [6.45, 7) is 5.31. The van der Waals surface area contributed by atoms with E-state index in [-0.39, 0.29) is 12.0 Å². The third-order valence-corrected chi connectivity index (χ3v) is 4.78. The first-order valence-electron chi connectivity index (χ1n) is 6.72. The lowest BCUT2D eigenvalue weighted by atomic mass is 9.92. The van der Waals surface area contributed by atoms with Gasteiger partial charge in [-0.3, -0.25) is 4.79 Å². The number of aliphatic hydroxyl groups excluding tert-OH is 1. The van der Waals surface area contributed by atoms with Gasteiger partial charge < -0.3 is 10.0 Å². The van der Waals surface area contributed by atoms with Crippen LogP contribution in [0.2, 0.25) is 0 Å². The first-order chi connectivity index (χ1) is 8.99. The molecule has 0 aliphatic carbocycles. The van der Waals surface area contributed by atoms with E-state index in [0.717, 1.165) is 41.5 Å². The van der Waals surface area contributed by atoms with Gasteiger partial charge in [0.1, 0.15) is 0 Å². The van der Waals surface area contributed by atoms with Crippen molar-refractivity contribution in [1.82, 2.24) is 4.90 Å². The van der Waals surface area contributed by atoms with Gasteiger partial charge in [0.2, 0.25) is 0 Å². The van der Waals surface area contributed by atoms with Crippen molar-refractivity contribution in [3.8, 4) is 0 Å². The lowest BCUT2D eigenvalue weighted by Crippen LogP contribution is -2.40. The molecule has 1 amide bonds. The van der Waals surface area contributed by atoms with Gasteiger partial charge in [0.15, 0.2) is 0 Å². The maximum Gasteiger partial charge on any atom is 0.253 e. The number of hydrogen-bond acceptors (Lipinski definition) is 2. The number of halogens is 1. The first kappa shape index (κ1) is 14.5. The number of nitrogens with zero attached hydrogens (tertiary/aromatic N) is 1. The second kappa shape index (κ2) is 6.06. The van der Waals surface area contributed by atoms with E-state index >= 15 is 0 Å². The molecule has 1 heterocycles. The van der Waals surface area contributed by atoms with Gasteiger partial charge in [-0.15, -0.1) is 0 Å². The topological polar surface area (TPSA) is 40.5 Å². The summed E-state index contributed by atoms with van der Waals surface area (Å²) >= 11 is 3.46. The molecule has 1 N–H and O–H groups in total. The van der Waals surface area contributed by atoms with Crippen LogP contribution >= 0.6 is 15.9 Å². The minimum absolute atomic E-state index is 0.0877. The van der Waals surface area contributed by atoms with Crippen LogP contribution in [-0.2, 0) is 0 Å². The maximum atomic E-state index is 12.4. The van der Waals surface area contributed by atoms with Crippen molar-refractivity contribution in [3.63, 3.8) is 0 Å². The van der Waals surface area contributed by atoms with Crippen molar-refractivity contribution in [2.24, 2.45) is 5.92 Å². The van der Waals surface area contributed by atoms with E-state index < -0.39 is 0 Å². The van der Waals surface area contributed by atoms with E-state index in [2.05, 4.69) is 15.9 Å². The predicted molar refractivity (Wildman–Crippen MR) is 79.2 cm³/mol. The molecule has 104 valence electrons. The van der Waals surface area contributed by atoms with Crippen molar-refractivity contribution >= 4 is 21.8 Å². The van der Waals surface area contributed by atoms with E-state index in [4.69, 9.17) is 0 Å². The Kier molecular flexibility index (Phi) is 4.63. The smallest absolute Gasteiger partial charge is 0.253 e. The van der Waals surface area contributed by atoms with Gasteiger partial charge in [-0.25, -0.2) is 0 Å². The highest BCUT2D eigenvalue weighted by Gasteiger charge is 2.26. The minimum Gasteiger partial charge on any atom is -0.393 e. The molecule has 1 atom stereocenters. The molecule has 1 aromatic rings. The molecule has 0 radical (unpaired) electrons. The zero-order valence-electron chi connectivity index (χ0n) is 11.4. The summed E-state index contributed by atoms with van der Waals surface area (Å²) in [6, 6.07) is 5.72. The van der Waals surface area contributed by atoms with Gasteiger partial charge in [0, 0.05) is 23.1 Å². The first-order valence-corrected chi connectivity index (χ1v) is 7.52. The minimum atomic E-state index is -0.272. The molecule has 4 heteroatoms. The van der Waals surface area contributed by atoms with Crippen LogP contribution in [0.1, 0.15) is 35.7 Å². The van der Waals surface area contributed by atoms with Crippen molar-refractivity contribution < 1.29 is 9.90 Å². The third kappa shape index (κ3) is 3.37. The number of aryl methyl sites for hydroxylation is 1. The summed E-state index contributed by atoms with van der Waals surface area (Å²) in [7, 11) is 0. The third-order valence-electron chi connectivity index (χ3n) is 3.93. The maximum absolute atomic E-state index is 12.4. The number of likely N-dealkylation sites (tertiary alicyclic amines) is 1. The number of hydrogen-bond donors (Lipinski definition) is 1. The number of aliphatic hydroxyl groups is 1. The Morgan fingerprint density at radius 3 is 2.58 bits per heavy atom. The van der Waals surface area contributed by atoms with Crippen molar-refractivity contribution in [3.05, 3.63) is 33.8 Å². The summed E-state index contributed by atoms with van der Waals surface area (Å²) in [6.07, 6.45) is 1.50. The highest BCUT2D eigenvalue weighted by Crippen LogP contribution is 2.23. The highest BCUT2D eigenvalue weighted by atomic mass is 79.9. The molecular formula is C15H20BrNO2. The SMILES string of the molecule is Cc1ccc(C(=O)N2CCC([C@H](C)O)CC2)cc1Br. The Balaban J connectivity index is 2.03. The zero-order chi connectivity index (χ0) is 14.0. The number of carbonyl (C=O) groups excluding carboxylic acids is 1. The highest BCUT2D eigenvalue weighted by molar-refractivity contribution is 9.10. The second-order valence-corrected chi connectivity index (χ2v) is 6.19. The van der Waals surface area contributed by atoms with Crippen LogP contribution in [0.25, 0.3) is 0 Å². The lowest BCUT2D eigenvalue weighted by molar-refractivity contribution is 0.0521. The second-order valence-electron chi connectivity index (χ2n) is 5.33. The summed E-state index contributed by atoms with van der Waals surface area (Å²) in [4.78, 5) is 14.3. The van der Waals surface area contributed by atoms with Gasteiger partial charge in [-0.2, -0.15) is 0 Å². The number of piperidine rings is 1. The fourth-order valence-corrected chi connectivity index (χ4v) is 2.87. The molecule has 1 aromatic carbocycles. The molecule has 0 saturated carbocycles. The fraction of sp³-hybridized carbons (Fsp3) is 0.533.